The molecule has 1 aliphatic carbocycles. The van der Waals surface area contributed by atoms with Crippen molar-refractivity contribution in [2.75, 3.05) is 0 Å². The predicted octanol–water partition coefficient (Wildman–Crippen LogP) is 1.36. The van der Waals surface area contributed by atoms with E-state index < -0.39 is 0 Å². The van der Waals surface area contributed by atoms with Crippen molar-refractivity contribution in [2.45, 2.75) is 18.9 Å². The third-order valence-electron chi connectivity index (χ3n) is 2.75. The zero-order valence-electron chi connectivity index (χ0n) is 9.18. The summed E-state index contributed by atoms with van der Waals surface area (Å²) < 4.78 is 0. The van der Waals surface area contributed by atoms with Crippen molar-refractivity contribution in [1.82, 2.24) is 20.5 Å². The average Bonchev–Trinajstić information content (AvgIpc) is 3.00. The van der Waals surface area contributed by atoms with Crippen LogP contribution in [0, 0.1) is 0 Å². The third kappa shape index (κ3) is 2.04. The number of amides is 1. The largest absolute Gasteiger partial charge is 0.349 e. The minimum Gasteiger partial charge on any atom is -0.349 e. The third-order valence-corrected chi connectivity index (χ3v) is 2.75. The maximum Gasteiger partial charge on any atom is 0.252 e. The second kappa shape index (κ2) is 4.01. The van der Waals surface area contributed by atoms with Crippen LogP contribution in [0.2, 0.25) is 0 Å². The fourth-order valence-electron chi connectivity index (χ4n) is 1.71. The summed E-state index contributed by atoms with van der Waals surface area (Å²) in [6.07, 6.45) is 3.59. The van der Waals surface area contributed by atoms with Crippen LogP contribution in [0.4, 0.5) is 0 Å². The number of aromatic amines is 1. The maximum absolute atomic E-state index is 12.0. The number of benzene rings is 1. The molecule has 5 nitrogen and oxygen atoms in total. The van der Waals surface area contributed by atoms with Crippen LogP contribution in [0.15, 0.2) is 30.6 Å². The molecule has 1 aromatic heterocycles. The first kappa shape index (κ1) is 10.0. The van der Waals surface area contributed by atoms with Crippen molar-refractivity contribution in [3.05, 3.63) is 36.2 Å². The minimum atomic E-state index is -0.0421. The molecule has 17 heavy (non-hydrogen) atoms. The van der Waals surface area contributed by atoms with Gasteiger partial charge in [0.2, 0.25) is 0 Å². The molecular weight excluding hydrogens is 216 g/mol. The summed E-state index contributed by atoms with van der Waals surface area (Å²) in [6.45, 7) is 0. The quantitative estimate of drug-likeness (QED) is 0.833. The molecule has 1 saturated carbocycles. The Morgan fingerprint density at radius 1 is 1.35 bits per heavy atom. The van der Waals surface area contributed by atoms with Gasteiger partial charge in [-0.2, -0.15) is 5.10 Å². The lowest BCUT2D eigenvalue weighted by molar-refractivity contribution is 0.0951. The van der Waals surface area contributed by atoms with E-state index in [9.17, 15) is 4.79 Å². The summed E-state index contributed by atoms with van der Waals surface area (Å²) in [5, 5.41) is 9.55. The van der Waals surface area contributed by atoms with Gasteiger partial charge in [-0.15, -0.1) is 0 Å². The lowest BCUT2D eigenvalue weighted by atomic mass is 10.1. The monoisotopic (exact) mass is 228 g/mol. The van der Waals surface area contributed by atoms with E-state index in [2.05, 4.69) is 20.5 Å². The van der Waals surface area contributed by atoms with Crippen LogP contribution < -0.4 is 5.32 Å². The van der Waals surface area contributed by atoms with Crippen LogP contribution in [0.1, 0.15) is 23.2 Å². The van der Waals surface area contributed by atoms with Gasteiger partial charge in [0.25, 0.3) is 5.91 Å². The van der Waals surface area contributed by atoms with Crippen molar-refractivity contribution in [3.63, 3.8) is 0 Å². The number of hydrogen-bond donors (Lipinski definition) is 2. The predicted molar refractivity (Wildman–Crippen MR) is 62.3 cm³/mol. The van der Waals surface area contributed by atoms with Gasteiger partial charge >= 0.3 is 0 Å². The van der Waals surface area contributed by atoms with Gasteiger partial charge in [-0.05, 0) is 18.9 Å². The van der Waals surface area contributed by atoms with Gasteiger partial charge < -0.3 is 5.32 Å². The standard InChI is InChI=1S/C12H12N4O/c17-12(15-8-5-6-8)10-4-2-1-3-9(10)11-13-7-14-16-11/h1-4,7-8H,5-6H2,(H,15,17)(H,13,14,16). The molecule has 0 atom stereocenters. The van der Waals surface area contributed by atoms with Crippen LogP contribution in [-0.2, 0) is 0 Å². The van der Waals surface area contributed by atoms with E-state index in [-0.39, 0.29) is 5.91 Å². The van der Waals surface area contributed by atoms with Gasteiger partial charge in [-0.25, -0.2) is 4.98 Å². The van der Waals surface area contributed by atoms with Crippen LogP contribution in [0.3, 0.4) is 0 Å². The molecule has 0 unspecified atom stereocenters. The molecule has 0 spiro atoms. The molecule has 1 aromatic carbocycles. The molecule has 2 aromatic rings. The molecule has 0 bridgehead atoms. The second-order valence-corrected chi connectivity index (χ2v) is 4.13. The zero-order chi connectivity index (χ0) is 11.7. The molecule has 1 heterocycles. The lowest BCUT2D eigenvalue weighted by Gasteiger charge is -2.07. The summed E-state index contributed by atoms with van der Waals surface area (Å²) in [5.41, 5.74) is 1.42. The molecule has 0 aliphatic heterocycles. The molecule has 86 valence electrons. The normalized spacial score (nSPS) is 14.6. The molecule has 1 fully saturated rings. The molecule has 1 aliphatic rings. The minimum absolute atomic E-state index is 0.0421. The van der Waals surface area contributed by atoms with Gasteiger partial charge in [-0.1, -0.05) is 18.2 Å². The number of nitrogens with one attached hydrogen (secondary N) is 2. The summed E-state index contributed by atoms with van der Waals surface area (Å²) in [4.78, 5) is 16.1. The van der Waals surface area contributed by atoms with E-state index in [1.165, 1.54) is 6.33 Å². The summed E-state index contributed by atoms with van der Waals surface area (Å²) in [6, 6.07) is 7.75. The number of hydrogen-bond acceptors (Lipinski definition) is 3. The Kier molecular flexibility index (Phi) is 2.36. The van der Waals surface area contributed by atoms with E-state index in [4.69, 9.17) is 0 Å². The van der Waals surface area contributed by atoms with Crippen LogP contribution in [0.5, 0.6) is 0 Å². The fraction of sp³-hybridized carbons (Fsp3) is 0.250. The van der Waals surface area contributed by atoms with Crippen molar-refractivity contribution in [1.29, 1.82) is 0 Å². The first-order valence-electron chi connectivity index (χ1n) is 5.60. The Labute approximate surface area is 98.3 Å². The van der Waals surface area contributed by atoms with E-state index in [1.54, 1.807) is 6.07 Å². The van der Waals surface area contributed by atoms with Gasteiger partial charge in [0.05, 0.1) is 5.56 Å². The topological polar surface area (TPSA) is 70.7 Å². The number of carbonyl (C=O) groups is 1. The molecule has 5 heteroatoms. The van der Waals surface area contributed by atoms with Gasteiger partial charge in [-0.3, -0.25) is 9.89 Å². The molecular formula is C12H12N4O. The fourth-order valence-corrected chi connectivity index (χ4v) is 1.71. The Morgan fingerprint density at radius 2 is 2.18 bits per heavy atom. The highest BCUT2D eigenvalue weighted by Gasteiger charge is 2.25. The van der Waals surface area contributed by atoms with Crippen LogP contribution in [-0.4, -0.2) is 27.1 Å². The second-order valence-electron chi connectivity index (χ2n) is 4.13. The van der Waals surface area contributed by atoms with Crippen LogP contribution >= 0.6 is 0 Å². The highest BCUT2D eigenvalue weighted by atomic mass is 16.1. The number of carbonyl (C=O) groups excluding carboxylic acids is 1. The molecule has 0 radical (unpaired) electrons. The van der Waals surface area contributed by atoms with Crippen molar-refractivity contribution in [3.8, 4) is 11.4 Å². The Bertz CT molecular complexity index is 531. The van der Waals surface area contributed by atoms with Gasteiger partial charge in [0.1, 0.15) is 6.33 Å². The van der Waals surface area contributed by atoms with E-state index >= 15 is 0 Å². The molecule has 0 saturated heterocycles. The average molecular weight is 228 g/mol. The van der Waals surface area contributed by atoms with Crippen LogP contribution in [0.25, 0.3) is 11.4 Å². The lowest BCUT2D eigenvalue weighted by Crippen LogP contribution is -2.25. The van der Waals surface area contributed by atoms with Gasteiger partial charge in [0.15, 0.2) is 5.82 Å². The smallest absolute Gasteiger partial charge is 0.252 e. The number of nitrogens with zero attached hydrogens (tertiary/aromatic N) is 2. The maximum atomic E-state index is 12.0. The van der Waals surface area contributed by atoms with E-state index in [0.717, 1.165) is 18.4 Å². The van der Waals surface area contributed by atoms with E-state index in [1.807, 2.05) is 18.2 Å². The van der Waals surface area contributed by atoms with E-state index in [0.29, 0.717) is 17.4 Å². The summed E-state index contributed by atoms with van der Waals surface area (Å²) >= 11 is 0. The first-order valence-corrected chi connectivity index (χ1v) is 5.60. The van der Waals surface area contributed by atoms with Crippen molar-refractivity contribution < 1.29 is 4.79 Å². The highest BCUT2D eigenvalue weighted by molar-refractivity contribution is 6.00. The summed E-state index contributed by atoms with van der Waals surface area (Å²) in [7, 11) is 0. The SMILES string of the molecule is O=C(NC1CC1)c1ccccc1-c1ncn[nH]1. The molecule has 3 rings (SSSR count). The van der Waals surface area contributed by atoms with Crippen molar-refractivity contribution >= 4 is 5.91 Å². The van der Waals surface area contributed by atoms with Crippen molar-refractivity contribution in [2.24, 2.45) is 0 Å². The molecule has 2 N–H and O–H groups in total. The summed E-state index contributed by atoms with van der Waals surface area (Å²) in [5.74, 6) is 0.575. The Hall–Kier alpha value is -2.17. The number of H-pyrrole nitrogens is 1. The first-order chi connectivity index (χ1) is 8.34. The molecule has 1 amide bonds. The Balaban J connectivity index is 1.95. The Morgan fingerprint density at radius 3 is 2.88 bits per heavy atom. The zero-order valence-corrected chi connectivity index (χ0v) is 9.18. The number of aromatic nitrogens is 3. The van der Waals surface area contributed by atoms with Gasteiger partial charge in [0, 0.05) is 11.6 Å². The number of rotatable bonds is 3. The highest BCUT2D eigenvalue weighted by Crippen LogP contribution is 2.22.